The summed E-state index contributed by atoms with van der Waals surface area (Å²) < 4.78 is 0. The van der Waals surface area contributed by atoms with Gasteiger partial charge < -0.3 is 15.7 Å². The van der Waals surface area contributed by atoms with E-state index in [1.165, 1.54) is 18.2 Å². The number of anilines is 1. The van der Waals surface area contributed by atoms with Crippen LogP contribution in [-0.4, -0.2) is 27.9 Å². The van der Waals surface area contributed by atoms with Crippen LogP contribution in [0.3, 0.4) is 0 Å². The molecule has 1 atom stereocenters. The van der Waals surface area contributed by atoms with Crippen molar-refractivity contribution >= 4 is 34.8 Å². The van der Waals surface area contributed by atoms with Crippen LogP contribution in [0.2, 0.25) is 5.02 Å². The van der Waals surface area contributed by atoms with E-state index in [0.29, 0.717) is 0 Å². The quantitative estimate of drug-likeness (QED) is 0.396. The van der Waals surface area contributed by atoms with Crippen molar-refractivity contribution < 1.29 is 19.6 Å². The Morgan fingerprint density at radius 3 is 2.41 bits per heavy atom. The fourth-order valence-electron chi connectivity index (χ4n) is 2.35. The zero-order chi connectivity index (χ0) is 20.1. The SMILES string of the molecule is CC(C)[C@H](NC(=O)c1ccc([N+](=O)[O-])cc1Cl)C(=O)Nc1ccccc1O. The molecule has 0 aliphatic heterocycles. The molecule has 0 heterocycles. The largest absolute Gasteiger partial charge is 0.506 e. The summed E-state index contributed by atoms with van der Waals surface area (Å²) in [6.07, 6.45) is 0. The van der Waals surface area contributed by atoms with Crippen molar-refractivity contribution in [3.8, 4) is 5.75 Å². The summed E-state index contributed by atoms with van der Waals surface area (Å²) >= 11 is 5.96. The number of nitro benzene ring substituents is 1. The zero-order valence-corrected chi connectivity index (χ0v) is 15.4. The highest BCUT2D eigenvalue weighted by molar-refractivity contribution is 6.34. The van der Waals surface area contributed by atoms with E-state index in [0.717, 1.165) is 12.1 Å². The van der Waals surface area contributed by atoms with E-state index in [-0.39, 0.29) is 33.6 Å². The van der Waals surface area contributed by atoms with Crippen molar-refractivity contribution in [2.24, 2.45) is 5.92 Å². The van der Waals surface area contributed by atoms with E-state index >= 15 is 0 Å². The highest BCUT2D eigenvalue weighted by Crippen LogP contribution is 2.24. The van der Waals surface area contributed by atoms with E-state index in [1.807, 2.05) is 0 Å². The molecular formula is C18H18ClN3O5. The molecule has 0 bridgehead atoms. The van der Waals surface area contributed by atoms with Gasteiger partial charge in [-0.05, 0) is 24.1 Å². The Hall–Kier alpha value is -3.13. The van der Waals surface area contributed by atoms with Crippen LogP contribution >= 0.6 is 11.6 Å². The van der Waals surface area contributed by atoms with Crippen LogP contribution in [0, 0.1) is 16.0 Å². The van der Waals surface area contributed by atoms with Crippen molar-refractivity contribution in [1.29, 1.82) is 0 Å². The van der Waals surface area contributed by atoms with Crippen molar-refractivity contribution in [2.45, 2.75) is 19.9 Å². The van der Waals surface area contributed by atoms with Gasteiger partial charge in [-0.3, -0.25) is 19.7 Å². The number of nitro groups is 1. The molecule has 142 valence electrons. The number of aromatic hydroxyl groups is 1. The molecule has 0 aromatic heterocycles. The smallest absolute Gasteiger partial charge is 0.270 e. The monoisotopic (exact) mass is 391 g/mol. The minimum atomic E-state index is -0.914. The van der Waals surface area contributed by atoms with Crippen molar-refractivity contribution in [1.82, 2.24) is 5.32 Å². The number of halogens is 1. The molecule has 3 N–H and O–H groups in total. The number of para-hydroxylation sites is 2. The first-order chi connectivity index (χ1) is 12.7. The van der Waals surface area contributed by atoms with Crippen LogP contribution in [-0.2, 0) is 4.79 Å². The van der Waals surface area contributed by atoms with Crippen molar-refractivity contribution in [2.75, 3.05) is 5.32 Å². The lowest BCUT2D eigenvalue weighted by atomic mass is 10.0. The third-order valence-electron chi connectivity index (χ3n) is 3.81. The van der Waals surface area contributed by atoms with Gasteiger partial charge in [-0.2, -0.15) is 0 Å². The number of phenolic OH excluding ortho intramolecular Hbond substituents is 1. The number of hydrogen-bond donors (Lipinski definition) is 3. The molecule has 0 aliphatic rings. The molecule has 8 nitrogen and oxygen atoms in total. The molecule has 2 aromatic carbocycles. The molecule has 0 aliphatic carbocycles. The molecule has 0 spiro atoms. The van der Waals surface area contributed by atoms with Crippen molar-refractivity contribution in [3.63, 3.8) is 0 Å². The number of nitrogens with one attached hydrogen (secondary N) is 2. The van der Waals surface area contributed by atoms with Gasteiger partial charge in [-0.1, -0.05) is 37.6 Å². The number of amides is 2. The second-order valence-corrected chi connectivity index (χ2v) is 6.53. The topological polar surface area (TPSA) is 122 Å². The van der Waals surface area contributed by atoms with Gasteiger partial charge in [-0.15, -0.1) is 0 Å². The Kier molecular flexibility index (Phi) is 6.36. The van der Waals surface area contributed by atoms with E-state index in [1.54, 1.807) is 26.0 Å². The summed E-state index contributed by atoms with van der Waals surface area (Å²) in [5, 5.41) is 25.6. The summed E-state index contributed by atoms with van der Waals surface area (Å²) in [7, 11) is 0. The highest BCUT2D eigenvalue weighted by Gasteiger charge is 2.26. The van der Waals surface area contributed by atoms with E-state index in [9.17, 15) is 24.8 Å². The Morgan fingerprint density at radius 2 is 1.85 bits per heavy atom. The van der Waals surface area contributed by atoms with Crippen molar-refractivity contribution in [3.05, 3.63) is 63.2 Å². The van der Waals surface area contributed by atoms with Crippen LogP contribution < -0.4 is 10.6 Å². The minimum Gasteiger partial charge on any atom is -0.506 e. The van der Waals surface area contributed by atoms with Gasteiger partial charge in [0.15, 0.2) is 0 Å². The van der Waals surface area contributed by atoms with Gasteiger partial charge in [0.05, 0.1) is 21.2 Å². The van der Waals surface area contributed by atoms with Gasteiger partial charge in [0.1, 0.15) is 11.8 Å². The maximum Gasteiger partial charge on any atom is 0.270 e. The molecule has 0 saturated carbocycles. The number of nitrogens with zero attached hydrogens (tertiary/aromatic N) is 1. The maximum absolute atomic E-state index is 12.5. The number of phenols is 1. The first-order valence-electron chi connectivity index (χ1n) is 8.04. The first-order valence-corrected chi connectivity index (χ1v) is 8.42. The molecule has 2 amide bonds. The summed E-state index contributed by atoms with van der Waals surface area (Å²) in [6, 6.07) is 8.76. The summed E-state index contributed by atoms with van der Waals surface area (Å²) in [4.78, 5) is 35.2. The van der Waals surface area contributed by atoms with E-state index < -0.39 is 22.8 Å². The molecule has 2 aromatic rings. The fourth-order valence-corrected chi connectivity index (χ4v) is 2.61. The number of benzene rings is 2. The number of hydrogen-bond acceptors (Lipinski definition) is 5. The molecule has 0 saturated heterocycles. The molecule has 0 radical (unpaired) electrons. The Bertz CT molecular complexity index is 885. The normalized spacial score (nSPS) is 11.7. The molecule has 2 rings (SSSR count). The predicted octanol–water partition coefficient (Wildman–Crippen LogP) is 3.35. The summed E-state index contributed by atoms with van der Waals surface area (Å²) in [5.74, 6) is -1.52. The van der Waals surface area contributed by atoms with Crippen LogP contribution in [0.1, 0.15) is 24.2 Å². The number of non-ortho nitro benzene ring substituents is 1. The zero-order valence-electron chi connectivity index (χ0n) is 14.6. The fraction of sp³-hybridized carbons (Fsp3) is 0.222. The van der Waals surface area contributed by atoms with Gasteiger partial charge in [0.25, 0.3) is 11.6 Å². The predicted molar refractivity (Wildman–Crippen MR) is 101 cm³/mol. The van der Waals surface area contributed by atoms with Crippen LogP contribution in [0.5, 0.6) is 5.75 Å². The van der Waals surface area contributed by atoms with Gasteiger partial charge in [0.2, 0.25) is 5.91 Å². The standard InChI is InChI=1S/C18H18ClN3O5/c1-10(2)16(18(25)20-14-5-3-4-6-15(14)23)21-17(24)12-8-7-11(22(26)27)9-13(12)19/h3-10,16,23H,1-2H3,(H,20,25)(H,21,24)/t16-/m0/s1. The Labute approximate surface area is 160 Å². The van der Waals surface area contributed by atoms with Crippen LogP contribution in [0.4, 0.5) is 11.4 Å². The second-order valence-electron chi connectivity index (χ2n) is 6.12. The first kappa shape index (κ1) is 20.2. The third-order valence-corrected chi connectivity index (χ3v) is 4.12. The van der Waals surface area contributed by atoms with Crippen LogP contribution in [0.15, 0.2) is 42.5 Å². The number of carbonyl (C=O) groups excluding carboxylic acids is 2. The van der Waals surface area contributed by atoms with E-state index in [4.69, 9.17) is 11.6 Å². The Balaban J connectivity index is 2.18. The van der Waals surface area contributed by atoms with Gasteiger partial charge >= 0.3 is 0 Å². The average Bonchev–Trinajstić information content (AvgIpc) is 2.60. The Morgan fingerprint density at radius 1 is 1.19 bits per heavy atom. The lowest BCUT2D eigenvalue weighted by Crippen LogP contribution is -2.47. The molecule has 9 heteroatoms. The van der Waals surface area contributed by atoms with Crippen LogP contribution in [0.25, 0.3) is 0 Å². The van der Waals surface area contributed by atoms with Gasteiger partial charge in [0, 0.05) is 12.1 Å². The maximum atomic E-state index is 12.5. The molecule has 0 fully saturated rings. The molecule has 27 heavy (non-hydrogen) atoms. The summed E-state index contributed by atoms with van der Waals surface area (Å²) in [5.41, 5.74) is -0.00621. The number of carbonyl (C=O) groups is 2. The highest BCUT2D eigenvalue weighted by atomic mass is 35.5. The minimum absolute atomic E-state index is 0.0169. The third kappa shape index (κ3) is 4.95. The lowest BCUT2D eigenvalue weighted by molar-refractivity contribution is -0.384. The van der Waals surface area contributed by atoms with Gasteiger partial charge in [-0.25, -0.2) is 0 Å². The lowest BCUT2D eigenvalue weighted by Gasteiger charge is -2.22. The molecule has 0 unspecified atom stereocenters. The van der Waals surface area contributed by atoms with E-state index in [2.05, 4.69) is 10.6 Å². The molecular weight excluding hydrogens is 374 g/mol. The second kappa shape index (κ2) is 8.50. The number of rotatable bonds is 6. The summed E-state index contributed by atoms with van der Waals surface area (Å²) in [6.45, 7) is 3.49. The average molecular weight is 392 g/mol.